The van der Waals surface area contributed by atoms with Crippen molar-refractivity contribution in [1.29, 1.82) is 0 Å². The lowest BCUT2D eigenvalue weighted by Crippen LogP contribution is -2.93. The molecule has 6 fully saturated rings. The van der Waals surface area contributed by atoms with Gasteiger partial charge < -0.3 is 9.47 Å². The maximum atomic E-state index is 12.1. The topological polar surface area (TPSA) is 52.6 Å². The third kappa shape index (κ3) is 0.648. The summed E-state index contributed by atoms with van der Waals surface area (Å²) in [6.45, 7) is 0. The summed E-state index contributed by atoms with van der Waals surface area (Å²) in [5.74, 6) is 4.81. The van der Waals surface area contributed by atoms with E-state index in [1.165, 1.54) is 14.2 Å². The summed E-state index contributed by atoms with van der Waals surface area (Å²) in [7, 11) is 2.86. The molecule has 0 spiro atoms. The molecule has 0 heterocycles. The van der Waals surface area contributed by atoms with E-state index in [1.54, 1.807) is 0 Å². The molecular weight excluding hydrogens is 232 g/mol. The summed E-state index contributed by atoms with van der Waals surface area (Å²) in [5, 5.41) is 0. The highest BCUT2D eigenvalue weighted by atomic mass is 16.5. The maximum absolute atomic E-state index is 12.1. The van der Waals surface area contributed by atoms with Crippen LogP contribution in [-0.4, -0.2) is 26.2 Å². The van der Waals surface area contributed by atoms with Crippen LogP contribution in [0.15, 0.2) is 0 Å². The van der Waals surface area contributed by atoms with E-state index in [2.05, 4.69) is 0 Å². The van der Waals surface area contributed by atoms with Crippen LogP contribution >= 0.6 is 0 Å². The number of carbonyl (C=O) groups is 2. The highest BCUT2D eigenvalue weighted by Crippen LogP contribution is 2.93. The molecule has 6 unspecified atom stereocenters. The van der Waals surface area contributed by atoms with Gasteiger partial charge in [0.05, 0.1) is 26.1 Å². The molecule has 4 heteroatoms. The van der Waals surface area contributed by atoms with Crippen molar-refractivity contribution in [3.63, 3.8) is 0 Å². The second-order valence-electron chi connectivity index (χ2n) is 6.72. The van der Waals surface area contributed by atoms with Crippen LogP contribution in [0.2, 0.25) is 0 Å². The van der Waals surface area contributed by atoms with Crippen LogP contribution in [0.4, 0.5) is 0 Å². The fraction of sp³-hybridized carbons (Fsp3) is 0.857. The Morgan fingerprint density at radius 3 is 1.17 bits per heavy atom. The molecule has 96 valence electrons. The Morgan fingerprint density at radius 2 is 0.889 bits per heavy atom. The minimum absolute atomic E-state index is 0.189. The van der Waals surface area contributed by atoms with Gasteiger partial charge in [0, 0.05) is 0 Å². The molecule has 0 aromatic carbocycles. The van der Waals surface area contributed by atoms with Gasteiger partial charge in [-0.1, -0.05) is 0 Å². The van der Waals surface area contributed by atoms with E-state index >= 15 is 0 Å². The van der Waals surface area contributed by atoms with Gasteiger partial charge in [-0.2, -0.15) is 0 Å². The number of hydrogen-bond donors (Lipinski definition) is 0. The van der Waals surface area contributed by atoms with Crippen molar-refractivity contribution in [2.24, 2.45) is 59.2 Å². The number of hydrogen-bond acceptors (Lipinski definition) is 4. The number of fused-ring (bicyclic) bond motifs is 1. The lowest BCUT2D eigenvalue weighted by atomic mass is 9.09. The van der Waals surface area contributed by atoms with Gasteiger partial charge in [0.25, 0.3) is 0 Å². The molecule has 4 nitrogen and oxygen atoms in total. The molecule has 0 saturated heterocycles. The van der Waals surface area contributed by atoms with Crippen molar-refractivity contribution >= 4 is 11.9 Å². The van der Waals surface area contributed by atoms with E-state index in [1.807, 2.05) is 0 Å². The van der Waals surface area contributed by atoms with Crippen molar-refractivity contribution in [3.05, 3.63) is 0 Å². The number of carbonyl (C=O) groups excluding carboxylic acids is 2. The molecule has 2 bridgehead atoms. The van der Waals surface area contributed by atoms with Crippen molar-refractivity contribution in [2.45, 2.75) is 0 Å². The Bertz CT molecular complexity index is 422. The molecular formula is C14H16O4. The highest BCUT2D eigenvalue weighted by molar-refractivity contribution is 5.84. The molecule has 6 saturated carbocycles. The molecule has 0 N–H and O–H groups in total. The SMILES string of the molecule is COC(=O)C1C(C(=O)OC)C2C3C4C1C1C2C3C41. The molecule has 0 amide bonds. The van der Waals surface area contributed by atoms with Crippen LogP contribution in [0.25, 0.3) is 0 Å². The summed E-state index contributed by atoms with van der Waals surface area (Å²) in [6.07, 6.45) is 0. The Kier molecular flexibility index (Phi) is 1.42. The summed E-state index contributed by atoms with van der Waals surface area (Å²) < 4.78 is 9.90. The molecule has 6 aliphatic rings. The predicted octanol–water partition coefficient (Wildman–Crippen LogP) is 0.562. The Hall–Kier alpha value is -1.06. The van der Waals surface area contributed by atoms with E-state index in [4.69, 9.17) is 9.47 Å². The lowest BCUT2D eigenvalue weighted by molar-refractivity contribution is -0.479. The lowest BCUT2D eigenvalue weighted by Gasteiger charge is -2.94. The van der Waals surface area contributed by atoms with Crippen molar-refractivity contribution in [2.75, 3.05) is 14.2 Å². The summed E-state index contributed by atoms with van der Waals surface area (Å²) in [5.41, 5.74) is 0. The summed E-state index contributed by atoms with van der Waals surface area (Å²) in [6, 6.07) is 0. The van der Waals surface area contributed by atoms with E-state index in [0.717, 1.165) is 35.5 Å². The first-order valence-electron chi connectivity index (χ1n) is 6.88. The van der Waals surface area contributed by atoms with Gasteiger partial charge in [0.15, 0.2) is 0 Å². The van der Waals surface area contributed by atoms with Crippen molar-refractivity contribution in [3.8, 4) is 0 Å². The van der Waals surface area contributed by atoms with Gasteiger partial charge in [0.2, 0.25) is 0 Å². The van der Waals surface area contributed by atoms with Gasteiger partial charge in [-0.05, 0) is 47.3 Å². The summed E-state index contributed by atoms with van der Waals surface area (Å²) in [4.78, 5) is 24.1. The molecule has 0 radical (unpaired) electrons. The van der Waals surface area contributed by atoms with Gasteiger partial charge in [-0.3, -0.25) is 9.59 Å². The zero-order valence-corrected chi connectivity index (χ0v) is 10.4. The van der Waals surface area contributed by atoms with E-state index < -0.39 is 0 Å². The maximum Gasteiger partial charge on any atom is 0.309 e. The Labute approximate surface area is 105 Å². The quantitative estimate of drug-likeness (QED) is 0.670. The third-order valence-corrected chi connectivity index (χ3v) is 7.05. The monoisotopic (exact) mass is 248 g/mol. The third-order valence-electron chi connectivity index (χ3n) is 7.05. The van der Waals surface area contributed by atoms with Gasteiger partial charge in [0.1, 0.15) is 0 Å². The average Bonchev–Trinajstić information content (AvgIpc) is 2.36. The van der Waals surface area contributed by atoms with Gasteiger partial charge >= 0.3 is 11.9 Å². The highest BCUT2D eigenvalue weighted by Gasteiger charge is 2.92. The van der Waals surface area contributed by atoms with E-state index in [0.29, 0.717) is 11.8 Å². The fourth-order valence-corrected chi connectivity index (χ4v) is 6.87. The molecule has 6 atom stereocenters. The normalized spacial score (nSPS) is 63.4. The number of rotatable bonds is 2. The fourth-order valence-electron chi connectivity index (χ4n) is 6.87. The largest absolute Gasteiger partial charge is 0.469 e. The molecule has 0 aromatic heterocycles. The number of ether oxygens (including phenoxy) is 2. The van der Waals surface area contributed by atoms with Crippen LogP contribution in [-0.2, 0) is 19.1 Å². The summed E-state index contributed by atoms with van der Waals surface area (Å²) >= 11 is 0. The van der Waals surface area contributed by atoms with Crippen LogP contribution in [0.5, 0.6) is 0 Å². The van der Waals surface area contributed by atoms with Crippen molar-refractivity contribution < 1.29 is 19.1 Å². The zero-order valence-electron chi connectivity index (χ0n) is 10.4. The Morgan fingerprint density at radius 1 is 0.611 bits per heavy atom. The number of methoxy groups -OCH3 is 2. The first-order valence-corrected chi connectivity index (χ1v) is 6.88. The van der Waals surface area contributed by atoms with E-state index in [9.17, 15) is 9.59 Å². The predicted molar refractivity (Wildman–Crippen MR) is 58.9 cm³/mol. The molecule has 18 heavy (non-hydrogen) atoms. The molecule has 6 rings (SSSR count). The van der Waals surface area contributed by atoms with Gasteiger partial charge in [-0.25, -0.2) is 0 Å². The molecule has 0 aromatic rings. The first kappa shape index (κ1) is 9.82. The van der Waals surface area contributed by atoms with E-state index in [-0.39, 0.29) is 23.8 Å². The Balaban J connectivity index is 1.56. The smallest absolute Gasteiger partial charge is 0.309 e. The van der Waals surface area contributed by atoms with Crippen molar-refractivity contribution in [1.82, 2.24) is 0 Å². The second-order valence-corrected chi connectivity index (χ2v) is 6.72. The van der Waals surface area contributed by atoms with Crippen LogP contribution in [0, 0.1) is 59.2 Å². The standard InChI is InChI=1S/C14H16O4/c1-17-13(15)11-9-5-3-4-7(5)10(8(4)6(3)9)12(11)14(16)18-2/h3-12H,1-2H3. The second kappa shape index (κ2) is 2.61. The number of esters is 2. The van der Waals surface area contributed by atoms with Crippen LogP contribution < -0.4 is 0 Å². The first-order chi connectivity index (χ1) is 8.72. The molecule has 6 aliphatic carbocycles. The zero-order chi connectivity index (χ0) is 12.3. The minimum atomic E-state index is -0.215. The van der Waals surface area contributed by atoms with Crippen LogP contribution in [0.3, 0.4) is 0 Å². The molecule has 0 aliphatic heterocycles. The van der Waals surface area contributed by atoms with Crippen LogP contribution in [0.1, 0.15) is 0 Å². The minimum Gasteiger partial charge on any atom is -0.469 e. The van der Waals surface area contributed by atoms with Gasteiger partial charge in [-0.15, -0.1) is 0 Å². The average molecular weight is 248 g/mol.